The summed E-state index contributed by atoms with van der Waals surface area (Å²) in [4.78, 5) is 0. The monoisotopic (exact) mass is 704 g/mol. The third-order valence-corrected chi connectivity index (χ3v) is 12.8. The van der Waals surface area contributed by atoms with Gasteiger partial charge in [-0.1, -0.05) is 54.6 Å². The Morgan fingerprint density at radius 2 is 1.58 bits per heavy atom. The number of thioether (sulfide) groups is 2. The zero-order valence-corrected chi connectivity index (χ0v) is 28.7. The number of hydrogen-bond acceptors (Lipinski definition) is 3. The summed E-state index contributed by atoms with van der Waals surface area (Å²) < 4.78 is 89.1. The molecule has 0 unspecified atom stereocenters. The lowest BCUT2D eigenvalue weighted by Crippen LogP contribution is -2.27. The summed E-state index contributed by atoms with van der Waals surface area (Å²) in [6.45, 7) is 3.73. The molecule has 1 saturated heterocycles. The number of ether oxygens (including phenoxy) is 1. The smallest absolute Gasteiger partial charge is 0.381 e. The molecule has 48 heavy (non-hydrogen) atoms. The highest BCUT2D eigenvalue weighted by Gasteiger charge is 2.34. The Morgan fingerprint density at radius 1 is 0.812 bits per heavy atom. The fourth-order valence-electron chi connectivity index (χ4n) is 6.44. The largest absolute Gasteiger partial charge is 0.419 e. The SMILES string of the molecule is C/C=C/CCCOCCC1CSC(C2CCC(c3ccc(-c4ccc(/C=C/c5ccc(C(F)(F)F)c(F)c5)c(F)c4)c(F)c3)CC2)SC1. The minimum absolute atomic E-state index is 0.151. The number of unbranched alkanes of at least 4 members (excludes halogenated alkanes) is 1. The Kier molecular flexibility index (Phi) is 13.2. The summed E-state index contributed by atoms with van der Waals surface area (Å²) in [5.74, 6) is 1.68. The summed E-state index contributed by atoms with van der Waals surface area (Å²) in [6, 6.07) is 12.1. The van der Waals surface area contributed by atoms with E-state index < -0.39 is 29.2 Å². The standard InChI is InChI=1S/C39H42F6OS2/c1-2-3-4-5-19-46-20-18-27-24-47-38(48-25-27)30-12-9-28(10-13-30)31-15-16-33(36(41)22-31)32-14-11-29(35(40)23-32)8-6-26-7-17-34(37(42)21-26)39(43,44)45/h2-3,6-8,11,14-17,21-23,27-28,30,38H,4-5,9-10,12-13,18-20,24-25H2,1H3/b3-2+,8-6+. The van der Waals surface area contributed by atoms with Crippen LogP contribution in [-0.2, 0) is 10.9 Å². The van der Waals surface area contributed by atoms with Crippen molar-refractivity contribution in [2.75, 3.05) is 24.7 Å². The number of rotatable bonds is 12. The molecule has 3 aromatic rings. The first-order valence-corrected chi connectivity index (χ1v) is 18.8. The number of halogens is 6. The molecule has 0 radical (unpaired) electrons. The van der Waals surface area contributed by atoms with Crippen molar-refractivity contribution in [1.82, 2.24) is 0 Å². The van der Waals surface area contributed by atoms with E-state index in [9.17, 15) is 22.0 Å². The fraction of sp³-hybridized carbons (Fsp3) is 0.436. The van der Waals surface area contributed by atoms with Crippen LogP contribution in [0, 0.1) is 29.3 Å². The third kappa shape index (κ3) is 9.97. The lowest BCUT2D eigenvalue weighted by Gasteiger charge is -2.37. The molecule has 2 fully saturated rings. The van der Waals surface area contributed by atoms with Crippen LogP contribution in [0.3, 0.4) is 0 Å². The average Bonchev–Trinajstić information content (AvgIpc) is 3.07. The van der Waals surface area contributed by atoms with Crippen molar-refractivity contribution in [3.63, 3.8) is 0 Å². The maximum Gasteiger partial charge on any atom is 0.419 e. The lowest BCUT2D eigenvalue weighted by molar-refractivity contribution is -0.140. The molecule has 2 aliphatic rings. The van der Waals surface area contributed by atoms with Crippen molar-refractivity contribution < 1.29 is 31.1 Å². The van der Waals surface area contributed by atoms with Crippen LogP contribution >= 0.6 is 23.5 Å². The topological polar surface area (TPSA) is 9.23 Å². The highest BCUT2D eigenvalue weighted by molar-refractivity contribution is 8.17. The quantitative estimate of drug-likeness (QED) is 0.0804. The Hall–Kier alpha value is -2.62. The van der Waals surface area contributed by atoms with Crippen LogP contribution in [0.5, 0.6) is 0 Å². The molecular formula is C39H42F6OS2. The maximum atomic E-state index is 15.4. The summed E-state index contributed by atoms with van der Waals surface area (Å²) in [5, 5.41) is 0. The minimum Gasteiger partial charge on any atom is -0.381 e. The van der Waals surface area contributed by atoms with E-state index in [2.05, 4.69) is 35.7 Å². The molecule has 0 aromatic heterocycles. The van der Waals surface area contributed by atoms with Crippen LogP contribution in [0.15, 0.2) is 66.7 Å². The van der Waals surface area contributed by atoms with Gasteiger partial charge < -0.3 is 4.74 Å². The molecule has 0 spiro atoms. The molecule has 1 aliphatic carbocycles. The molecule has 5 rings (SSSR count). The summed E-state index contributed by atoms with van der Waals surface area (Å²) >= 11 is 4.22. The second kappa shape index (κ2) is 17.3. The van der Waals surface area contributed by atoms with Gasteiger partial charge in [0.1, 0.15) is 17.5 Å². The summed E-state index contributed by atoms with van der Waals surface area (Å²) in [7, 11) is 0. The Bertz CT molecular complexity index is 1550. The van der Waals surface area contributed by atoms with Crippen molar-refractivity contribution >= 4 is 35.7 Å². The van der Waals surface area contributed by atoms with Gasteiger partial charge in [0.05, 0.1) is 10.1 Å². The van der Waals surface area contributed by atoms with E-state index >= 15 is 4.39 Å². The highest BCUT2D eigenvalue weighted by atomic mass is 32.2. The first kappa shape index (κ1) is 36.7. The number of hydrogen-bond donors (Lipinski definition) is 0. The Labute approximate surface area is 288 Å². The van der Waals surface area contributed by atoms with E-state index in [1.807, 2.05) is 13.0 Å². The van der Waals surface area contributed by atoms with Gasteiger partial charge in [0.2, 0.25) is 0 Å². The molecule has 0 amide bonds. The van der Waals surface area contributed by atoms with Crippen molar-refractivity contribution in [2.24, 2.45) is 11.8 Å². The number of alkyl halides is 3. The van der Waals surface area contributed by atoms with E-state index in [4.69, 9.17) is 4.74 Å². The Balaban J connectivity index is 1.10. The fourth-order valence-corrected chi connectivity index (χ4v) is 10.0. The zero-order chi connectivity index (χ0) is 34.1. The first-order chi connectivity index (χ1) is 23.1. The van der Waals surface area contributed by atoms with Crippen LogP contribution in [-0.4, -0.2) is 29.3 Å². The van der Waals surface area contributed by atoms with Gasteiger partial charge in [-0.3, -0.25) is 0 Å². The van der Waals surface area contributed by atoms with Gasteiger partial charge >= 0.3 is 6.18 Å². The van der Waals surface area contributed by atoms with Gasteiger partial charge in [-0.15, -0.1) is 23.5 Å². The molecule has 258 valence electrons. The normalized spacial score (nSPS) is 22.1. The van der Waals surface area contributed by atoms with Crippen molar-refractivity contribution in [2.45, 2.75) is 68.5 Å². The van der Waals surface area contributed by atoms with E-state index in [-0.39, 0.29) is 11.1 Å². The van der Waals surface area contributed by atoms with Crippen LogP contribution in [0.2, 0.25) is 0 Å². The van der Waals surface area contributed by atoms with E-state index in [1.165, 1.54) is 35.8 Å². The molecule has 0 atom stereocenters. The van der Waals surface area contributed by atoms with Crippen molar-refractivity contribution in [3.8, 4) is 11.1 Å². The molecule has 1 saturated carbocycles. The van der Waals surface area contributed by atoms with Gasteiger partial charge in [0.25, 0.3) is 0 Å². The number of allylic oxidation sites excluding steroid dienone is 2. The van der Waals surface area contributed by atoms with Crippen LogP contribution in [0.25, 0.3) is 23.3 Å². The molecule has 0 N–H and O–H groups in total. The molecule has 1 nitrogen and oxygen atoms in total. The zero-order valence-electron chi connectivity index (χ0n) is 27.1. The third-order valence-electron chi connectivity index (χ3n) is 9.24. The van der Waals surface area contributed by atoms with Crippen molar-refractivity contribution in [1.29, 1.82) is 0 Å². The Morgan fingerprint density at radius 3 is 2.25 bits per heavy atom. The van der Waals surface area contributed by atoms with Gasteiger partial charge in [-0.05, 0) is 122 Å². The molecule has 0 bridgehead atoms. The van der Waals surface area contributed by atoms with Crippen LogP contribution in [0.1, 0.15) is 80.0 Å². The lowest BCUT2D eigenvalue weighted by atomic mass is 9.79. The van der Waals surface area contributed by atoms with Crippen LogP contribution in [0.4, 0.5) is 26.3 Å². The first-order valence-electron chi connectivity index (χ1n) is 16.7. The molecule has 3 aromatic carbocycles. The average molecular weight is 705 g/mol. The van der Waals surface area contributed by atoms with Crippen molar-refractivity contribution in [3.05, 3.63) is 106 Å². The molecule has 1 heterocycles. The predicted octanol–water partition coefficient (Wildman–Crippen LogP) is 12.4. The molecule has 9 heteroatoms. The number of benzene rings is 3. The van der Waals surface area contributed by atoms with Crippen LogP contribution < -0.4 is 0 Å². The molecule has 1 aliphatic heterocycles. The van der Waals surface area contributed by atoms with Gasteiger partial charge in [0, 0.05) is 24.3 Å². The van der Waals surface area contributed by atoms with E-state index in [0.29, 0.717) is 39.5 Å². The maximum absolute atomic E-state index is 15.4. The summed E-state index contributed by atoms with van der Waals surface area (Å²) in [6.07, 6.45) is 9.79. The molecular weight excluding hydrogens is 663 g/mol. The highest BCUT2D eigenvalue weighted by Crippen LogP contribution is 2.47. The second-order valence-electron chi connectivity index (χ2n) is 12.7. The summed E-state index contributed by atoms with van der Waals surface area (Å²) in [5.41, 5.74) is 0.624. The van der Waals surface area contributed by atoms with Gasteiger partial charge in [0.15, 0.2) is 0 Å². The second-order valence-corrected chi connectivity index (χ2v) is 15.3. The van der Waals surface area contributed by atoms with E-state index in [0.717, 1.165) is 75.9 Å². The van der Waals surface area contributed by atoms with Gasteiger partial charge in [-0.25, -0.2) is 13.2 Å². The van der Waals surface area contributed by atoms with Gasteiger partial charge in [-0.2, -0.15) is 13.2 Å². The van der Waals surface area contributed by atoms with E-state index in [1.54, 1.807) is 18.2 Å². The minimum atomic E-state index is -4.79. The predicted molar refractivity (Wildman–Crippen MR) is 189 cm³/mol.